The van der Waals surface area contributed by atoms with Crippen LogP contribution in [0.25, 0.3) is 11.3 Å². The average Bonchev–Trinajstić information content (AvgIpc) is 3.15. The first-order valence-electron chi connectivity index (χ1n) is 7.51. The first-order chi connectivity index (χ1) is 11.1. The number of anilines is 1. The molecule has 1 N–H and O–H groups in total. The normalized spacial score (nSPS) is 12.3. The van der Waals surface area contributed by atoms with Gasteiger partial charge in [-0.15, -0.1) is 22.7 Å². The predicted molar refractivity (Wildman–Crippen MR) is 101 cm³/mol. The van der Waals surface area contributed by atoms with Crippen LogP contribution in [0.15, 0.2) is 29.6 Å². The molecule has 3 rings (SSSR count). The molecule has 0 fully saturated rings. The van der Waals surface area contributed by atoms with Crippen molar-refractivity contribution in [2.45, 2.75) is 33.2 Å². The van der Waals surface area contributed by atoms with Gasteiger partial charge in [0, 0.05) is 20.8 Å². The van der Waals surface area contributed by atoms with Crippen molar-refractivity contribution >= 4 is 39.4 Å². The Hall–Kier alpha value is -1.43. The van der Waals surface area contributed by atoms with Gasteiger partial charge in [0.05, 0.1) is 17.4 Å². The number of aryl methyl sites for hydroxylation is 2. The number of halogens is 1. The second kappa shape index (κ2) is 6.99. The Balaban J connectivity index is 1.80. The first kappa shape index (κ1) is 16.4. The van der Waals surface area contributed by atoms with Crippen LogP contribution in [0.1, 0.15) is 35.5 Å². The van der Waals surface area contributed by atoms with Crippen molar-refractivity contribution in [2.24, 2.45) is 0 Å². The van der Waals surface area contributed by atoms with Gasteiger partial charge in [-0.05, 0) is 32.4 Å². The minimum atomic E-state index is 0.135. The lowest BCUT2D eigenvalue weighted by atomic mass is 10.1. The molecular weight excluding hydrogens is 346 g/mol. The van der Waals surface area contributed by atoms with E-state index in [-0.39, 0.29) is 6.04 Å². The monoisotopic (exact) mass is 363 g/mol. The van der Waals surface area contributed by atoms with E-state index in [1.54, 1.807) is 22.7 Å². The van der Waals surface area contributed by atoms with Crippen LogP contribution < -0.4 is 5.32 Å². The van der Waals surface area contributed by atoms with Gasteiger partial charge in [0.2, 0.25) is 0 Å². The molecule has 1 atom stereocenters. The summed E-state index contributed by atoms with van der Waals surface area (Å²) in [5, 5.41) is 8.31. The summed E-state index contributed by atoms with van der Waals surface area (Å²) < 4.78 is 0. The van der Waals surface area contributed by atoms with Crippen LogP contribution in [-0.4, -0.2) is 9.97 Å². The van der Waals surface area contributed by atoms with E-state index in [1.807, 2.05) is 24.3 Å². The molecule has 0 saturated heterocycles. The summed E-state index contributed by atoms with van der Waals surface area (Å²) in [6.45, 7) is 6.35. The second-order valence-electron chi connectivity index (χ2n) is 5.33. The Morgan fingerprint density at radius 3 is 2.61 bits per heavy atom. The van der Waals surface area contributed by atoms with Gasteiger partial charge >= 0.3 is 0 Å². The summed E-state index contributed by atoms with van der Waals surface area (Å²) in [4.78, 5) is 10.6. The lowest BCUT2D eigenvalue weighted by Crippen LogP contribution is -2.06. The molecule has 0 aliphatic carbocycles. The fourth-order valence-corrected chi connectivity index (χ4v) is 4.21. The van der Waals surface area contributed by atoms with Gasteiger partial charge in [-0.3, -0.25) is 0 Å². The number of nitrogens with zero attached hydrogens (tertiary/aromatic N) is 2. The molecule has 6 heteroatoms. The van der Waals surface area contributed by atoms with E-state index in [2.05, 4.69) is 36.5 Å². The second-order valence-corrected chi connectivity index (χ2v) is 7.86. The van der Waals surface area contributed by atoms with Gasteiger partial charge in [0.15, 0.2) is 5.13 Å². The molecule has 0 radical (unpaired) electrons. The molecule has 0 amide bonds. The maximum atomic E-state index is 5.97. The van der Waals surface area contributed by atoms with Gasteiger partial charge in [-0.2, -0.15) is 0 Å². The maximum absolute atomic E-state index is 5.97. The molecule has 3 nitrogen and oxygen atoms in total. The minimum absolute atomic E-state index is 0.135. The lowest BCUT2D eigenvalue weighted by Gasteiger charge is -2.09. The summed E-state index contributed by atoms with van der Waals surface area (Å²) in [5.41, 5.74) is 3.26. The predicted octanol–water partition coefficient (Wildman–Crippen LogP) is 5.96. The fourth-order valence-electron chi connectivity index (χ4n) is 2.26. The summed E-state index contributed by atoms with van der Waals surface area (Å²) in [6.07, 6.45) is 0.962. The van der Waals surface area contributed by atoms with E-state index >= 15 is 0 Å². The van der Waals surface area contributed by atoms with Crippen molar-refractivity contribution in [3.63, 3.8) is 0 Å². The van der Waals surface area contributed by atoms with Crippen molar-refractivity contribution in [2.75, 3.05) is 5.32 Å². The molecule has 23 heavy (non-hydrogen) atoms. The molecule has 0 bridgehead atoms. The zero-order valence-corrected chi connectivity index (χ0v) is 15.6. The minimum Gasteiger partial charge on any atom is -0.353 e. The van der Waals surface area contributed by atoms with Gasteiger partial charge in [0.25, 0.3) is 0 Å². The molecule has 120 valence electrons. The molecule has 0 aliphatic heterocycles. The van der Waals surface area contributed by atoms with Crippen LogP contribution in [0.5, 0.6) is 0 Å². The highest BCUT2D eigenvalue weighted by Gasteiger charge is 2.16. The number of aromatic nitrogens is 2. The maximum Gasteiger partial charge on any atom is 0.183 e. The Bertz CT molecular complexity index is 793. The number of hydrogen-bond acceptors (Lipinski definition) is 5. The third kappa shape index (κ3) is 3.74. The van der Waals surface area contributed by atoms with E-state index in [0.29, 0.717) is 0 Å². The highest BCUT2D eigenvalue weighted by molar-refractivity contribution is 7.14. The molecular formula is C17H18ClN3S2. The summed E-state index contributed by atoms with van der Waals surface area (Å²) in [6, 6.07) is 7.97. The van der Waals surface area contributed by atoms with Crippen molar-refractivity contribution in [1.29, 1.82) is 0 Å². The number of thiazole rings is 2. The van der Waals surface area contributed by atoms with Gasteiger partial charge < -0.3 is 5.32 Å². The largest absolute Gasteiger partial charge is 0.353 e. The summed E-state index contributed by atoms with van der Waals surface area (Å²) in [5.74, 6) is 0. The van der Waals surface area contributed by atoms with E-state index in [0.717, 1.165) is 38.5 Å². The van der Waals surface area contributed by atoms with Crippen LogP contribution in [0.3, 0.4) is 0 Å². The van der Waals surface area contributed by atoms with E-state index in [4.69, 9.17) is 16.6 Å². The molecule has 1 aromatic carbocycles. The molecule has 0 aliphatic rings. The quantitative estimate of drug-likeness (QED) is 0.607. The smallest absolute Gasteiger partial charge is 0.183 e. The van der Waals surface area contributed by atoms with Crippen LogP contribution in [-0.2, 0) is 6.42 Å². The standard InChI is InChI=1S/C17H18ClN3S2/c1-4-14-9-22-17(20-14)19-10(2)16-21-15(11(3)23-16)12-5-7-13(18)8-6-12/h5-10H,4H2,1-3H3,(H,19,20). The number of rotatable bonds is 5. The Labute approximate surface area is 149 Å². The third-order valence-electron chi connectivity index (χ3n) is 3.56. The van der Waals surface area contributed by atoms with E-state index in [1.165, 1.54) is 4.88 Å². The highest BCUT2D eigenvalue weighted by Crippen LogP contribution is 2.32. The molecule has 2 aromatic heterocycles. The van der Waals surface area contributed by atoms with Crippen molar-refractivity contribution in [3.8, 4) is 11.3 Å². The topological polar surface area (TPSA) is 37.8 Å². The lowest BCUT2D eigenvalue weighted by molar-refractivity contribution is 0.865. The molecule has 0 saturated carbocycles. The number of nitrogens with one attached hydrogen (secondary N) is 1. The van der Waals surface area contributed by atoms with E-state index in [9.17, 15) is 0 Å². The molecule has 3 aromatic rings. The number of benzene rings is 1. The Morgan fingerprint density at radius 2 is 1.96 bits per heavy atom. The Kier molecular flexibility index (Phi) is 4.99. The van der Waals surface area contributed by atoms with Gasteiger partial charge in [-0.25, -0.2) is 9.97 Å². The van der Waals surface area contributed by atoms with Crippen LogP contribution in [0.4, 0.5) is 5.13 Å². The van der Waals surface area contributed by atoms with Crippen LogP contribution >= 0.6 is 34.3 Å². The average molecular weight is 364 g/mol. The molecule has 2 heterocycles. The van der Waals surface area contributed by atoms with Crippen LogP contribution in [0, 0.1) is 6.92 Å². The Morgan fingerprint density at radius 1 is 1.22 bits per heavy atom. The third-order valence-corrected chi connectivity index (χ3v) is 5.78. The van der Waals surface area contributed by atoms with E-state index < -0.39 is 0 Å². The van der Waals surface area contributed by atoms with Crippen molar-refractivity contribution in [1.82, 2.24) is 9.97 Å². The fraction of sp³-hybridized carbons (Fsp3) is 0.294. The SMILES string of the molecule is CCc1csc(NC(C)c2nc(-c3ccc(Cl)cc3)c(C)s2)n1. The molecule has 0 spiro atoms. The number of hydrogen-bond donors (Lipinski definition) is 1. The van der Waals surface area contributed by atoms with Gasteiger partial charge in [-0.1, -0.05) is 30.7 Å². The van der Waals surface area contributed by atoms with Gasteiger partial charge in [0.1, 0.15) is 5.01 Å². The summed E-state index contributed by atoms with van der Waals surface area (Å²) >= 11 is 9.33. The zero-order valence-electron chi connectivity index (χ0n) is 13.3. The summed E-state index contributed by atoms with van der Waals surface area (Å²) in [7, 11) is 0. The van der Waals surface area contributed by atoms with Crippen molar-refractivity contribution in [3.05, 3.63) is 50.2 Å². The van der Waals surface area contributed by atoms with Crippen LogP contribution in [0.2, 0.25) is 5.02 Å². The van der Waals surface area contributed by atoms with Crippen molar-refractivity contribution < 1.29 is 0 Å². The highest BCUT2D eigenvalue weighted by atomic mass is 35.5. The zero-order chi connectivity index (χ0) is 16.4. The molecule has 1 unspecified atom stereocenters. The first-order valence-corrected chi connectivity index (χ1v) is 9.58.